The number of carbonyl (C=O) groups excluding carboxylic acids is 2. The number of furan rings is 1. The van der Waals surface area contributed by atoms with Crippen LogP contribution in [0.4, 0.5) is 0 Å². The molecule has 1 aromatic heterocycles. The van der Waals surface area contributed by atoms with Crippen molar-refractivity contribution in [2.75, 3.05) is 19.6 Å². The molecule has 6 heteroatoms. The second-order valence-electron chi connectivity index (χ2n) is 7.47. The third-order valence-corrected chi connectivity index (χ3v) is 5.38. The Balaban J connectivity index is 1.25. The number of amides is 2. The van der Waals surface area contributed by atoms with Gasteiger partial charge in [0.2, 0.25) is 11.8 Å². The molecule has 2 aliphatic rings. The molecule has 2 aromatic rings. The van der Waals surface area contributed by atoms with Crippen molar-refractivity contribution in [3.63, 3.8) is 0 Å². The Hall–Kier alpha value is -2.60. The maximum atomic E-state index is 12.6. The molecular weight excluding hydrogens is 342 g/mol. The molecule has 0 saturated carbocycles. The highest BCUT2D eigenvalue weighted by Crippen LogP contribution is 2.21. The van der Waals surface area contributed by atoms with Crippen LogP contribution in [0.2, 0.25) is 0 Å². The maximum Gasteiger partial charge on any atom is 0.225 e. The highest BCUT2D eigenvalue weighted by molar-refractivity contribution is 5.89. The van der Waals surface area contributed by atoms with E-state index in [2.05, 4.69) is 34.5 Å². The van der Waals surface area contributed by atoms with Crippen LogP contribution in [0.25, 0.3) is 0 Å². The number of benzene rings is 1. The predicted molar refractivity (Wildman–Crippen MR) is 100 cm³/mol. The highest BCUT2D eigenvalue weighted by Gasteiger charge is 2.36. The van der Waals surface area contributed by atoms with Crippen LogP contribution in [0.5, 0.6) is 0 Å². The summed E-state index contributed by atoms with van der Waals surface area (Å²) in [6.07, 6.45) is 2.84. The SMILES string of the molecule is O=C(NC1CCN(Cc2ccccc2)C1)C1CC(=O)N(Cc2ccco2)C1. The van der Waals surface area contributed by atoms with Gasteiger partial charge in [-0.3, -0.25) is 14.5 Å². The van der Waals surface area contributed by atoms with E-state index >= 15 is 0 Å². The minimum Gasteiger partial charge on any atom is -0.467 e. The number of nitrogens with one attached hydrogen (secondary N) is 1. The lowest BCUT2D eigenvalue weighted by atomic mass is 10.1. The Labute approximate surface area is 159 Å². The van der Waals surface area contributed by atoms with Crippen LogP contribution in [0, 0.1) is 5.92 Å². The molecule has 27 heavy (non-hydrogen) atoms. The number of carbonyl (C=O) groups is 2. The first-order valence-corrected chi connectivity index (χ1v) is 9.54. The molecule has 2 fully saturated rings. The summed E-state index contributed by atoms with van der Waals surface area (Å²) in [5, 5.41) is 3.15. The quantitative estimate of drug-likeness (QED) is 0.848. The van der Waals surface area contributed by atoms with E-state index in [0.29, 0.717) is 13.1 Å². The molecular formula is C21H25N3O3. The summed E-state index contributed by atoms with van der Waals surface area (Å²) in [4.78, 5) is 28.9. The van der Waals surface area contributed by atoms with Gasteiger partial charge in [0.05, 0.1) is 18.7 Å². The number of nitrogens with zero attached hydrogens (tertiary/aromatic N) is 2. The summed E-state index contributed by atoms with van der Waals surface area (Å²) in [6, 6.07) is 14.2. The van der Waals surface area contributed by atoms with Crippen LogP contribution in [0.15, 0.2) is 53.1 Å². The van der Waals surface area contributed by atoms with E-state index in [-0.39, 0.29) is 30.2 Å². The van der Waals surface area contributed by atoms with Gasteiger partial charge in [0.25, 0.3) is 0 Å². The van der Waals surface area contributed by atoms with Crippen molar-refractivity contribution >= 4 is 11.8 Å². The lowest BCUT2D eigenvalue weighted by Crippen LogP contribution is -2.41. The Morgan fingerprint density at radius 1 is 1.11 bits per heavy atom. The smallest absolute Gasteiger partial charge is 0.225 e. The van der Waals surface area contributed by atoms with E-state index in [0.717, 1.165) is 31.8 Å². The maximum absolute atomic E-state index is 12.6. The molecule has 6 nitrogen and oxygen atoms in total. The molecule has 2 unspecified atom stereocenters. The zero-order chi connectivity index (χ0) is 18.6. The molecule has 0 radical (unpaired) electrons. The molecule has 142 valence electrons. The van der Waals surface area contributed by atoms with Gasteiger partial charge in [0, 0.05) is 38.6 Å². The molecule has 0 aliphatic carbocycles. The van der Waals surface area contributed by atoms with Crippen molar-refractivity contribution in [2.24, 2.45) is 5.92 Å². The summed E-state index contributed by atoms with van der Waals surface area (Å²) in [5.41, 5.74) is 1.29. The van der Waals surface area contributed by atoms with Crippen molar-refractivity contribution in [1.29, 1.82) is 0 Å². The number of hydrogen-bond acceptors (Lipinski definition) is 4. The van der Waals surface area contributed by atoms with E-state index in [1.807, 2.05) is 12.1 Å². The van der Waals surface area contributed by atoms with Crippen molar-refractivity contribution in [1.82, 2.24) is 15.1 Å². The molecule has 4 rings (SSSR count). The highest BCUT2D eigenvalue weighted by atomic mass is 16.3. The summed E-state index contributed by atoms with van der Waals surface area (Å²) < 4.78 is 5.31. The fourth-order valence-electron chi connectivity index (χ4n) is 3.95. The van der Waals surface area contributed by atoms with Crippen LogP contribution < -0.4 is 5.32 Å². The monoisotopic (exact) mass is 367 g/mol. The van der Waals surface area contributed by atoms with Gasteiger partial charge in [-0.1, -0.05) is 30.3 Å². The normalized spacial score (nSPS) is 23.1. The Morgan fingerprint density at radius 2 is 1.96 bits per heavy atom. The minimum absolute atomic E-state index is 0.00291. The standard InChI is InChI=1S/C21H25N3O3/c25-20-11-17(13-24(20)15-19-7-4-10-27-19)21(26)22-18-8-9-23(14-18)12-16-5-2-1-3-6-16/h1-7,10,17-18H,8-9,11-15H2,(H,22,26). The molecule has 1 N–H and O–H groups in total. The van der Waals surface area contributed by atoms with Crippen molar-refractivity contribution in [2.45, 2.75) is 32.0 Å². The summed E-state index contributed by atoms with van der Waals surface area (Å²) in [7, 11) is 0. The zero-order valence-corrected chi connectivity index (χ0v) is 15.3. The predicted octanol–water partition coefficient (Wildman–Crippen LogP) is 2.02. The summed E-state index contributed by atoms with van der Waals surface area (Å²) in [6.45, 7) is 3.65. The van der Waals surface area contributed by atoms with Gasteiger partial charge in [-0.2, -0.15) is 0 Å². The van der Waals surface area contributed by atoms with Crippen LogP contribution in [-0.2, 0) is 22.7 Å². The van der Waals surface area contributed by atoms with E-state index in [9.17, 15) is 9.59 Å². The average Bonchev–Trinajstić information content (AvgIpc) is 3.40. The Kier molecular flexibility index (Phi) is 5.25. The van der Waals surface area contributed by atoms with Gasteiger partial charge in [-0.05, 0) is 24.1 Å². The van der Waals surface area contributed by atoms with E-state index < -0.39 is 0 Å². The molecule has 2 saturated heterocycles. The van der Waals surface area contributed by atoms with Crippen molar-refractivity contribution < 1.29 is 14.0 Å². The van der Waals surface area contributed by atoms with Gasteiger partial charge in [-0.25, -0.2) is 0 Å². The number of rotatable bonds is 6. The fourth-order valence-corrected chi connectivity index (χ4v) is 3.95. The minimum atomic E-state index is -0.268. The van der Waals surface area contributed by atoms with E-state index in [1.54, 1.807) is 17.2 Å². The van der Waals surface area contributed by atoms with Gasteiger partial charge < -0.3 is 14.6 Å². The van der Waals surface area contributed by atoms with Gasteiger partial charge in [0.1, 0.15) is 5.76 Å². The molecule has 2 aliphatic heterocycles. The molecule has 2 amide bonds. The van der Waals surface area contributed by atoms with Crippen molar-refractivity contribution in [3.8, 4) is 0 Å². The first-order valence-electron chi connectivity index (χ1n) is 9.54. The number of likely N-dealkylation sites (tertiary alicyclic amines) is 2. The lowest BCUT2D eigenvalue weighted by molar-refractivity contribution is -0.129. The molecule has 3 heterocycles. The first kappa shape index (κ1) is 17.8. The topological polar surface area (TPSA) is 65.8 Å². The van der Waals surface area contributed by atoms with E-state index in [1.165, 1.54) is 5.56 Å². The summed E-state index contributed by atoms with van der Waals surface area (Å²) in [5.74, 6) is 0.493. The third kappa shape index (κ3) is 4.39. The second kappa shape index (κ2) is 7.96. The molecule has 1 aromatic carbocycles. The molecule has 0 bridgehead atoms. The molecule has 0 spiro atoms. The third-order valence-electron chi connectivity index (χ3n) is 5.38. The van der Waals surface area contributed by atoms with Crippen molar-refractivity contribution in [3.05, 3.63) is 60.1 Å². The average molecular weight is 367 g/mol. The Bertz CT molecular complexity index is 775. The van der Waals surface area contributed by atoms with E-state index in [4.69, 9.17) is 4.42 Å². The van der Waals surface area contributed by atoms with Crippen LogP contribution in [0.3, 0.4) is 0 Å². The van der Waals surface area contributed by atoms with Gasteiger partial charge in [0.15, 0.2) is 0 Å². The zero-order valence-electron chi connectivity index (χ0n) is 15.3. The van der Waals surface area contributed by atoms with Crippen LogP contribution >= 0.6 is 0 Å². The first-order chi connectivity index (χ1) is 13.2. The van der Waals surface area contributed by atoms with Crippen LogP contribution in [0.1, 0.15) is 24.2 Å². The number of hydrogen-bond donors (Lipinski definition) is 1. The van der Waals surface area contributed by atoms with Gasteiger partial charge in [-0.15, -0.1) is 0 Å². The largest absolute Gasteiger partial charge is 0.467 e. The fraction of sp³-hybridized carbons (Fsp3) is 0.429. The lowest BCUT2D eigenvalue weighted by Gasteiger charge is -2.19. The summed E-state index contributed by atoms with van der Waals surface area (Å²) >= 11 is 0. The Morgan fingerprint density at radius 3 is 2.74 bits per heavy atom. The second-order valence-corrected chi connectivity index (χ2v) is 7.47. The molecule has 2 atom stereocenters. The van der Waals surface area contributed by atoms with Crippen LogP contribution in [-0.4, -0.2) is 47.3 Å². The van der Waals surface area contributed by atoms with Gasteiger partial charge >= 0.3 is 0 Å².